The highest BCUT2D eigenvalue weighted by Crippen LogP contribution is 2.33. The van der Waals surface area contributed by atoms with Crippen LogP contribution in [0.25, 0.3) is 22.2 Å². The molecule has 2 aliphatic rings. The van der Waals surface area contributed by atoms with Crippen molar-refractivity contribution in [3.8, 4) is 17.1 Å². The van der Waals surface area contributed by atoms with Gasteiger partial charge in [0.05, 0.1) is 18.3 Å². The van der Waals surface area contributed by atoms with Gasteiger partial charge in [-0.1, -0.05) is 6.07 Å². The highest BCUT2D eigenvalue weighted by atomic mass is 16.5. The van der Waals surface area contributed by atoms with Crippen LogP contribution in [-0.4, -0.2) is 75.0 Å². The Labute approximate surface area is 237 Å². The standard InChI is InChI=1S/C30H31N7O4/c1-18-12-21(25-7-8-26(41-2)35-34-25)14-24-27(18)31-17-32-28(24)36-11-9-19-5-6-20(13-22(19)15-36)29(38)33-23-4-3-10-37(16-23)30(39)40/h5-8,12-14,17,23H,3-4,9-11,15-16H2,1-2H3,(H,33,38)(H,39,40)/t23-/m1/s1. The van der Waals surface area contributed by atoms with E-state index in [0.717, 1.165) is 64.9 Å². The Hall–Kier alpha value is -4.80. The zero-order chi connectivity index (χ0) is 28.5. The number of ether oxygens (including phenoxy) is 1. The minimum Gasteiger partial charge on any atom is -0.480 e. The monoisotopic (exact) mass is 553 g/mol. The fourth-order valence-electron chi connectivity index (χ4n) is 5.73. The first-order valence-electron chi connectivity index (χ1n) is 13.7. The van der Waals surface area contributed by atoms with E-state index >= 15 is 0 Å². The van der Waals surface area contributed by atoms with Crippen LogP contribution in [0.2, 0.25) is 0 Å². The Morgan fingerprint density at radius 1 is 1.05 bits per heavy atom. The topological polar surface area (TPSA) is 134 Å². The van der Waals surface area contributed by atoms with Crippen molar-refractivity contribution in [1.82, 2.24) is 30.4 Å². The molecule has 2 aliphatic heterocycles. The molecule has 6 rings (SSSR count). The Balaban J connectivity index is 1.26. The first-order chi connectivity index (χ1) is 19.9. The lowest BCUT2D eigenvalue weighted by Gasteiger charge is -2.32. The average Bonchev–Trinajstić information content (AvgIpc) is 3.00. The van der Waals surface area contributed by atoms with E-state index in [4.69, 9.17) is 4.74 Å². The number of piperidine rings is 1. The Bertz CT molecular complexity index is 1630. The highest BCUT2D eigenvalue weighted by molar-refractivity contribution is 5.96. The first kappa shape index (κ1) is 26.4. The van der Waals surface area contributed by atoms with Gasteiger partial charge in [0.2, 0.25) is 5.88 Å². The van der Waals surface area contributed by atoms with E-state index in [0.29, 0.717) is 31.1 Å². The van der Waals surface area contributed by atoms with Crippen LogP contribution in [0.15, 0.2) is 48.8 Å². The number of benzene rings is 2. The molecular formula is C30H31N7O4. The number of carbonyl (C=O) groups is 2. The number of likely N-dealkylation sites (tertiary alicyclic amines) is 1. The van der Waals surface area contributed by atoms with Crippen LogP contribution in [0.3, 0.4) is 0 Å². The molecule has 2 N–H and O–H groups in total. The summed E-state index contributed by atoms with van der Waals surface area (Å²) in [4.78, 5) is 37.3. The van der Waals surface area contributed by atoms with Gasteiger partial charge in [0, 0.05) is 54.8 Å². The molecule has 2 aromatic heterocycles. The third-order valence-electron chi connectivity index (χ3n) is 7.86. The lowest BCUT2D eigenvalue weighted by molar-refractivity contribution is 0.0888. The molecule has 2 aromatic carbocycles. The molecule has 0 spiro atoms. The van der Waals surface area contributed by atoms with Crippen molar-refractivity contribution in [2.45, 2.75) is 38.8 Å². The summed E-state index contributed by atoms with van der Waals surface area (Å²) in [5.74, 6) is 1.10. The van der Waals surface area contributed by atoms with Crippen LogP contribution in [0.5, 0.6) is 5.88 Å². The predicted molar refractivity (Wildman–Crippen MR) is 153 cm³/mol. The lowest BCUT2D eigenvalue weighted by atomic mass is 9.96. The molecule has 0 unspecified atom stereocenters. The number of fused-ring (bicyclic) bond motifs is 2. The van der Waals surface area contributed by atoms with Gasteiger partial charge in [-0.05, 0) is 73.2 Å². The van der Waals surface area contributed by atoms with Crippen molar-refractivity contribution < 1.29 is 19.4 Å². The summed E-state index contributed by atoms with van der Waals surface area (Å²) < 4.78 is 5.15. The van der Waals surface area contributed by atoms with E-state index in [1.165, 1.54) is 10.5 Å². The Kier molecular flexibility index (Phi) is 7.08. The summed E-state index contributed by atoms with van der Waals surface area (Å²) in [6.07, 6.45) is 2.96. The maximum absolute atomic E-state index is 13.1. The van der Waals surface area contributed by atoms with Crippen molar-refractivity contribution in [2.75, 3.05) is 31.6 Å². The van der Waals surface area contributed by atoms with Gasteiger partial charge in [0.15, 0.2) is 0 Å². The number of hydrogen-bond donors (Lipinski definition) is 2. The van der Waals surface area contributed by atoms with Crippen molar-refractivity contribution in [1.29, 1.82) is 0 Å². The molecule has 1 atom stereocenters. The maximum Gasteiger partial charge on any atom is 0.407 e. The van der Waals surface area contributed by atoms with E-state index in [-0.39, 0.29) is 11.9 Å². The fourth-order valence-corrected chi connectivity index (χ4v) is 5.73. The number of hydrogen-bond acceptors (Lipinski definition) is 8. The summed E-state index contributed by atoms with van der Waals surface area (Å²) in [7, 11) is 1.56. The average molecular weight is 554 g/mol. The molecule has 210 valence electrons. The summed E-state index contributed by atoms with van der Waals surface area (Å²) in [6, 6.07) is 13.4. The normalized spacial score (nSPS) is 16.8. The van der Waals surface area contributed by atoms with Gasteiger partial charge in [-0.2, -0.15) is 0 Å². The van der Waals surface area contributed by atoms with Crippen molar-refractivity contribution in [2.24, 2.45) is 0 Å². The van der Waals surface area contributed by atoms with Crippen LogP contribution in [0.1, 0.15) is 39.9 Å². The molecule has 0 aliphatic carbocycles. The summed E-state index contributed by atoms with van der Waals surface area (Å²) in [5.41, 5.74) is 6.39. The Morgan fingerprint density at radius 2 is 1.93 bits per heavy atom. The third-order valence-corrected chi connectivity index (χ3v) is 7.86. The van der Waals surface area contributed by atoms with Gasteiger partial charge in [0.25, 0.3) is 5.91 Å². The number of rotatable bonds is 5. The van der Waals surface area contributed by atoms with Crippen LogP contribution in [0.4, 0.5) is 10.6 Å². The zero-order valence-electron chi connectivity index (χ0n) is 23.0. The number of anilines is 1. The number of carboxylic acid groups (broad SMARTS) is 1. The summed E-state index contributed by atoms with van der Waals surface area (Å²) >= 11 is 0. The molecule has 1 saturated heterocycles. The lowest BCUT2D eigenvalue weighted by Crippen LogP contribution is -2.49. The molecule has 2 amide bonds. The minimum absolute atomic E-state index is 0.185. The van der Waals surface area contributed by atoms with Gasteiger partial charge in [0.1, 0.15) is 12.1 Å². The molecule has 11 heteroatoms. The second kappa shape index (κ2) is 11.0. The van der Waals surface area contributed by atoms with E-state index in [1.807, 2.05) is 37.3 Å². The number of amides is 2. The van der Waals surface area contributed by atoms with Crippen molar-refractivity contribution in [3.63, 3.8) is 0 Å². The van der Waals surface area contributed by atoms with Gasteiger partial charge in [-0.25, -0.2) is 14.8 Å². The molecule has 0 bridgehead atoms. The number of aromatic nitrogens is 4. The quantitative estimate of drug-likeness (QED) is 0.378. The molecule has 0 saturated carbocycles. The van der Waals surface area contributed by atoms with Crippen molar-refractivity contribution in [3.05, 3.63) is 71.0 Å². The fraction of sp³-hybridized carbons (Fsp3) is 0.333. The zero-order valence-corrected chi connectivity index (χ0v) is 23.0. The van der Waals surface area contributed by atoms with Crippen molar-refractivity contribution >= 4 is 28.7 Å². The van der Waals surface area contributed by atoms with Gasteiger partial charge < -0.3 is 25.0 Å². The van der Waals surface area contributed by atoms with Crippen LogP contribution < -0.4 is 15.0 Å². The molecular weight excluding hydrogens is 522 g/mol. The van der Waals surface area contributed by atoms with E-state index in [1.54, 1.807) is 19.5 Å². The number of aryl methyl sites for hydroxylation is 1. The van der Waals surface area contributed by atoms with Gasteiger partial charge in [-0.3, -0.25) is 4.79 Å². The van der Waals surface area contributed by atoms with Gasteiger partial charge >= 0.3 is 6.09 Å². The second-order valence-corrected chi connectivity index (χ2v) is 10.5. The number of nitrogens with zero attached hydrogens (tertiary/aromatic N) is 6. The number of methoxy groups -OCH3 is 1. The Morgan fingerprint density at radius 3 is 2.71 bits per heavy atom. The molecule has 11 nitrogen and oxygen atoms in total. The maximum atomic E-state index is 13.1. The molecule has 41 heavy (non-hydrogen) atoms. The predicted octanol–water partition coefficient (Wildman–Crippen LogP) is 3.84. The van der Waals surface area contributed by atoms with Gasteiger partial charge in [-0.15, -0.1) is 10.2 Å². The van der Waals surface area contributed by atoms with Crippen LogP contribution >= 0.6 is 0 Å². The second-order valence-electron chi connectivity index (χ2n) is 10.5. The molecule has 0 radical (unpaired) electrons. The summed E-state index contributed by atoms with van der Waals surface area (Å²) in [6.45, 7) is 4.22. The SMILES string of the molecule is COc1ccc(-c2cc(C)c3ncnc(N4CCc5ccc(C(=O)N[C@@H]6CCCN(C(=O)O)C6)cc5C4)c3c2)nn1. The molecule has 1 fully saturated rings. The number of nitrogens with one attached hydrogen (secondary N) is 1. The van der Waals surface area contributed by atoms with E-state index in [9.17, 15) is 14.7 Å². The molecule has 4 aromatic rings. The van der Waals surface area contributed by atoms with E-state index in [2.05, 4.69) is 36.4 Å². The highest BCUT2D eigenvalue weighted by Gasteiger charge is 2.26. The largest absolute Gasteiger partial charge is 0.480 e. The number of carbonyl (C=O) groups excluding carboxylic acids is 1. The van der Waals surface area contributed by atoms with E-state index < -0.39 is 6.09 Å². The van der Waals surface area contributed by atoms with Crippen LogP contribution in [-0.2, 0) is 13.0 Å². The summed E-state index contributed by atoms with van der Waals surface area (Å²) in [5, 5.41) is 21.7. The first-order valence-corrected chi connectivity index (χ1v) is 13.7. The van der Waals surface area contributed by atoms with Crippen LogP contribution in [0, 0.1) is 6.92 Å². The third kappa shape index (κ3) is 5.34. The minimum atomic E-state index is -0.950. The molecule has 4 heterocycles. The smallest absolute Gasteiger partial charge is 0.407 e.